The Morgan fingerprint density at radius 2 is 1.64 bits per heavy atom. The first-order chi connectivity index (χ1) is 12.1. The average Bonchev–Trinajstić information content (AvgIpc) is 3.17. The molecule has 2 heterocycles. The molecule has 1 aromatic carbocycles. The van der Waals surface area contributed by atoms with E-state index in [1.807, 2.05) is 40.1 Å². The summed E-state index contributed by atoms with van der Waals surface area (Å²) in [6.45, 7) is 3.29. The number of carbonyl (C=O) groups is 2. The number of amides is 2. The van der Waals surface area contributed by atoms with Crippen molar-refractivity contribution in [1.29, 1.82) is 0 Å². The number of piperidine rings is 1. The van der Waals surface area contributed by atoms with Gasteiger partial charge in [-0.3, -0.25) is 9.59 Å². The standard InChI is InChI=1S/C20H29N3O2/c21-18(14-16-6-2-1-3-7-16)20(25)23-12-8-17(9-13-23)15-19(24)22-10-4-5-11-22/h1-3,6-7,17-18H,4-5,8-15,21H2/t18-/m0/s1. The van der Waals surface area contributed by atoms with Crippen molar-refractivity contribution in [3.63, 3.8) is 0 Å². The molecule has 0 unspecified atom stereocenters. The topological polar surface area (TPSA) is 66.6 Å². The molecular formula is C20H29N3O2. The number of nitrogens with two attached hydrogens (primary N) is 1. The third kappa shape index (κ3) is 4.82. The van der Waals surface area contributed by atoms with Gasteiger partial charge in [0.2, 0.25) is 11.8 Å². The van der Waals surface area contributed by atoms with Crippen LogP contribution in [0.1, 0.15) is 37.7 Å². The van der Waals surface area contributed by atoms with Crippen molar-refractivity contribution in [3.05, 3.63) is 35.9 Å². The van der Waals surface area contributed by atoms with Gasteiger partial charge in [0.15, 0.2) is 0 Å². The maximum Gasteiger partial charge on any atom is 0.239 e. The maximum absolute atomic E-state index is 12.6. The highest BCUT2D eigenvalue weighted by Crippen LogP contribution is 2.23. The van der Waals surface area contributed by atoms with Crippen molar-refractivity contribution >= 4 is 11.8 Å². The molecular weight excluding hydrogens is 314 g/mol. The van der Waals surface area contributed by atoms with Crippen LogP contribution in [-0.2, 0) is 16.0 Å². The van der Waals surface area contributed by atoms with Gasteiger partial charge in [0.25, 0.3) is 0 Å². The Morgan fingerprint density at radius 3 is 2.28 bits per heavy atom. The van der Waals surface area contributed by atoms with Crippen LogP contribution in [-0.4, -0.2) is 53.8 Å². The van der Waals surface area contributed by atoms with Gasteiger partial charge in [0, 0.05) is 32.6 Å². The molecule has 2 aliphatic heterocycles. The number of hydrogen-bond acceptors (Lipinski definition) is 3. The van der Waals surface area contributed by atoms with E-state index in [-0.39, 0.29) is 5.91 Å². The van der Waals surface area contributed by atoms with Crippen LogP contribution < -0.4 is 5.73 Å². The molecule has 5 nitrogen and oxygen atoms in total. The largest absolute Gasteiger partial charge is 0.343 e. The normalized spacial score (nSPS) is 19.9. The van der Waals surface area contributed by atoms with Gasteiger partial charge in [-0.25, -0.2) is 0 Å². The van der Waals surface area contributed by atoms with Crippen LogP contribution in [0.3, 0.4) is 0 Å². The second-order valence-corrected chi connectivity index (χ2v) is 7.36. The maximum atomic E-state index is 12.6. The third-order valence-electron chi connectivity index (χ3n) is 5.46. The first-order valence-electron chi connectivity index (χ1n) is 9.49. The molecule has 2 amide bonds. The summed E-state index contributed by atoms with van der Waals surface area (Å²) in [6, 6.07) is 9.42. The number of carbonyl (C=O) groups excluding carboxylic acids is 2. The minimum Gasteiger partial charge on any atom is -0.343 e. The van der Waals surface area contributed by atoms with E-state index in [0.717, 1.165) is 57.4 Å². The lowest BCUT2D eigenvalue weighted by Crippen LogP contribution is -2.48. The van der Waals surface area contributed by atoms with Crippen LogP contribution in [0.4, 0.5) is 0 Å². The number of hydrogen-bond donors (Lipinski definition) is 1. The summed E-state index contributed by atoms with van der Waals surface area (Å²) < 4.78 is 0. The Morgan fingerprint density at radius 1 is 1.00 bits per heavy atom. The lowest BCUT2D eigenvalue weighted by Gasteiger charge is -2.34. The smallest absolute Gasteiger partial charge is 0.239 e. The Labute approximate surface area is 150 Å². The van der Waals surface area contributed by atoms with Crippen LogP contribution in [0, 0.1) is 5.92 Å². The Hall–Kier alpha value is -1.88. The van der Waals surface area contributed by atoms with Crippen molar-refractivity contribution in [2.75, 3.05) is 26.2 Å². The number of rotatable bonds is 5. The van der Waals surface area contributed by atoms with Crippen molar-refractivity contribution in [2.45, 2.75) is 44.6 Å². The van der Waals surface area contributed by atoms with Crippen molar-refractivity contribution in [2.24, 2.45) is 11.7 Å². The molecule has 25 heavy (non-hydrogen) atoms. The van der Waals surface area contributed by atoms with E-state index in [0.29, 0.717) is 24.7 Å². The van der Waals surface area contributed by atoms with E-state index >= 15 is 0 Å². The summed E-state index contributed by atoms with van der Waals surface area (Å²) in [5.41, 5.74) is 7.22. The van der Waals surface area contributed by atoms with Crippen molar-refractivity contribution < 1.29 is 9.59 Å². The Kier molecular flexibility index (Phi) is 6.08. The van der Waals surface area contributed by atoms with Crippen LogP contribution in [0.2, 0.25) is 0 Å². The Balaban J connectivity index is 1.43. The lowest BCUT2D eigenvalue weighted by molar-refractivity contribution is -0.134. The second kappa shape index (κ2) is 8.48. The highest BCUT2D eigenvalue weighted by atomic mass is 16.2. The number of nitrogens with zero attached hydrogens (tertiary/aromatic N) is 2. The van der Waals surface area contributed by atoms with E-state index in [1.165, 1.54) is 0 Å². The molecule has 1 atom stereocenters. The van der Waals surface area contributed by atoms with Gasteiger partial charge in [-0.05, 0) is 43.6 Å². The lowest BCUT2D eigenvalue weighted by atomic mass is 9.92. The van der Waals surface area contributed by atoms with Crippen molar-refractivity contribution in [3.8, 4) is 0 Å². The molecule has 2 fully saturated rings. The first-order valence-corrected chi connectivity index (χ1v) is 9.49. The predicted molar refractivity (Wildman–Crippen MR) is 97.9 cm³/mol. The first kappa shape index (κ1) is 17.9. The fourth-order valence-electron chi connectivity index (χ4n) is 3.89. The molecule has 0 aromatic heterocycles. The molecule has 2 N–H and O–H groups in total. The summed E-state index contributed by atoms with van der Waals surface area (Å²) in [6.07, 6.45) is 5.30. The monoisotopic (exact) mass is 343 g/mol. The summed E-state index contributed by atoms with van der Waals surface area (Å²) in [7, 11) is 0. The van der Waals surface area contributed by atoms with Crippen LogP contribution in [0.15, 0.2) is 30.3 Å². The van der Waals surface area contributed by atoms with Gasteiger partial charge < -0.3 is 15.5 Å². The zero-order valence-electron chi connectivity index (χ0n) is 14.9. The van der Waals surface area contributed by atoms with Crippen LogP contribution >= 0.6 is 0 Å². The van der Waals surface area contributed by atoms with Gasteiger partial charge in [0.1, 0.15) is 0 Å². The third-order valence-corrected chi connectivity index (χ3v) is 5.46. The zero-order valence-corrected chi connectivity index (χ0v) is 14.9. The molecule has 5 heteroatoms. The Bertz CT molecular complexity index is 576. The van der Waals surface area contributed by atoms with E-state index in [1.54, 1.807) is 0 Å². The molecule has 0 bridgehead atoms. The van der Waals surface area contributed by atoms with Gasteiger partial charge in [-0.2, -0.15) is 0 Å². The van der Waals surface area contributed by atoms with Gasteiger partial charge in [-0.1, -0.05) is 30.3 Å². The molecule has 1 aromatic rings. The number of benzene rings is 1. The minimum atomic E-state index is -0.481. The minimum absolute atomic E-state index is 0.0353. The van der Waals surface area contributed by atoms with E-state index < -0.39 is 6.04 Å². The molecule has 0 saturated carbocycles. The van der Waals surface area contributed by atoms with Crippen LogP contribution in [0.5, 0.6) is 0 Å². The van der Waals surface area contributed by atoms with Gasteiger partial charge in [-0.15, -0.1) is 0 Å². The molecule has 2 aliphatic rings. The SMILES string of the molecule is N[C@@H](Cc1ccccc1)C(=O)N1CCC(CC(=O)N2CCCC2)CC1. The highest BCUT2D eigenvalue weighted by Gasteiger charge is 2.29. The van der Waals surface area contributed by atoms with Gasteiger partial charge >= 0.3 is 0 Å². The van der Waals surface area contributed by atoms with Crippen molar-refractivity contribution in [1.82, 2.24) is 9.80 Å². The quantitative estimate of drug-likeness (QED) is 0.887. The molecule has 2 saturated heterocycles. The summed E-state index contributed by atoms with van der Waals surface area (Å²) in [4.78, 5) is 28.7. The summed E-state index contributed by atoms with van der Waals surface area (Å²) >= 11 is 0. The summed E-state index contributed by atoms with van der Waals surface area (Å²) in [5, 5.41) is 0. The number of likely N-dealkylation sites (tertiary alicyclic amines) is 2. The molecule has 136 valence electrons. The summed E-state index contributed by atoms with van der Waals surface area (Å²) in [5.74, 6) is 0.735. The molecule has 0 spiro atoms. The second-order valence-electron chi connectivity index (χ2n) is 7.36. The van der Waals surface area contributed by atoms with E-state index in [9.17, 15) is 9.59 Å². The van der Waals surface area contributed by atoms with E-state index in [4.69, 9.17) is 5.73 Å². The molecule has 3 rings (SSSR count). The highest BCUT2D eigenvalue weighted by molar-refractivity contribution is 5.82. The van der Waals surface area contributed by atoms with Crippen LogP contribution in [0.25, 0.3) is 0 Å². The molecule has 0 aliphatic carbocycles. The molecule has 0 radical (unpaired) electrons. The fraction of sp³-hybridized carbons (Fsp3) is 0.600. The zero-order chi connectivity index (χ0) is 17.6. The average molecular weight is 343 g/mol. The fourth-order valence-corrected chi connectivity index (χ4v) is 3.89. The predicted octanol–water partition coefficient (Wildman–Crippen LogP) is 1.81. The van der Waals surface area contributed by atoms with E-state index in [2.05, 4.69) is 0 Å². The van der Waals surface area contributed by atoms with Gasteiger partial charge in [0.05, 0.1) is 6.04 Å².